The third kappa shape index (κ3) is 4.85. The van der Waals surface area contributed by atoms with Crippen molar-refractivity contribution in [2.24, 2.45) is 5.92 Å². The summed E-state index contributed by atoms with van der Waals surface area (Å²) in [5.41, 5.74) is 0.760. The first-order valence-corrected chi connectivity index (χ1v) is 7.93. The first-order chi connectivity index (χ1) is 11.7. The fourth-order valence-electron chi connectivity index (χ4n) is 2.49. The molecule has 2 rings (SSSR count). The van der Waals surface area contributed by atoms with Crippen LogP contribution < -0.4 is 10.1 Å². The molecule has 0 spiro atoms. The number of phenolic OH excluding ortho intramolecular Hbond substituents is 1. The Morgan fingerprint density at radius 1 is 1.24 bits per heavy atom. The van der Waals surface area contributed by atoms with Gasteiger partial charge in [-0.1, -0.05) is 38.1 Å². The van der Waals surface area contributed by atoms with E-state index in [-0.39, 0.29) is 5.39 Å². The number of fused-ring (bicyclic) bond motifs is 1. The molecule has 0 aliphatic heterocycles. The summed E-state index contributed by atoms with van der Waals surface area (Å²) >= 11 is 0. The Morgan fingerprint density at radius 3 is 2.48 bits per heavy atom. The lowest BCUT2D eigenvalue weighted by Gasteiger charge is -2.15. The summed E-state index contributed by atoms with van der Waals surface area (Å²) in [7, 11) is 0. The predicted molar refractivity (Wildman–Crippen MR) is 88.7 cm³/mol. The number of rotatable bonds is 6. The number of hydrogen-bond acceptors (Lipinski definition) is 4. The predicted octanol–water partition coefficient (Wildman–Crippen LogP) is 3.80. The molecular weight excluding hydrogens is 335 g/mol. The molecule has 0 aliphatic rings. The van der Waals surface area contributed by atoms with Gasteiger partial charge in [-0.05, 0) is 42.4 Å². The van der Waals surface area contributed by atoms with Gasteiger partial charge in [0.05, 0.1) is 0 Å². The minimum absolute atomic E-state index is 0.263. The van der Waals surface area contributed by atoms with E-state index in [1.54, 1.807) is 18.2 Å². The molecule has 0 amide bonds. The summed E-state index contributed by atoms with van der Waals surface area (Å²) in [4.78, 5) is 11.1. The highest BCUT2D eigenvalue weighted by atomic mass is 19.4. The number of aromatic hydroxyl groups is 1. The highest BCUT2D eigenvalue weighted by molar-refractivity contribution is 5.95. The van der Waals surface area contributed by atoms with E-state index in [0.29, 0.717) is 24.3 Å². The average Bonchev–Trinajstić information content (AvgIpc) is 2.53. The maximum atomic E-state index is 12.5. The molecule has 0 heterocycles. The molecule has 0 fully saturated rings. The number of ether oxygens (including phenoxy) is 1. The minimum atomic E-state index is -5.13. The molecule has 0 radical (unpaired) electrons. The largest absolute Gasteiger partial charge is 0.504 e. The standard InChI is InChI=1S/C18H20F3NO3/c1-11(2)10-22-8-7-12-9-15(23)16(25-17(24)18(19,20)21)14-6-4-3-5-13(12)14/h3-6,9,11,22-23H,7-8,10H2,1-2H3. The zero-order valence-corrected chi connectivity index (χ0v) is 14.0. The summed E-state index contributed by atoms with van der Waals surface area (Å²) in [5.74, 6) is -2.83. The Kier molecular flexibility index (Phi) is 5.89. The van der Waals surface area contributed by atoms with E-state index in [9.17, 15) is 23.1 Å². The number of phenols is 1. The van der Waals surface area contributed by atoms with Gasteiger partial charge in [-0.25, -0.2) is 4.79 Å². The fourth-order valence-corrected chi connectivity index (χ4v) is 2.49. The van der Waals surface area contributed by atoms with Crippen LogP contribution in [0.15, 0.2) is 30.3 Å². The van der Waals surface area contributed by atoms with Crippen LogP contribution in [0.4, 0.5) is 13.2 Å². The molecular formula is C18H20F3NO3. The molecule has 25 heavy (non-hydrogen) atoms. The monoisotopic (exact) mass is 355 g/mol. The van der Waals surface area contributed by atoms with Gasteiger partial charge in [0, 0.05) is 5.39 Å². The zero-order valence-electron chi connectivity index (χ0n) is 14.0. The zero-order chi connectivity index (χ0) is 18.6. The van der Waals surface area contributed by atoms with Gasteiger partial charge >= 0.3 is 12.1 Å². The van der Waals surface area contributed by atoms with Crippen molar-refractivity contribution >= 4 is 16.7 Å². The number of hydrogen-bond donors (Lipinski definition) is 2. The van der Waals surface area contributed by atoms with E-state index in [2.05, 4.69) is 23.9 Å². The molecule has 0 unspecified atom stereocenters. The second-order valence-corrected chi connectivity index (χ2v) is 6.16. The molecule has 4 nitrogen and oxygen atoms in total. The molecule has 2 aromatic rings. The van der Waals surface area contributed by atoms with Crippen LogP contribution in [0, 0.1) is 5.92 Å². The number of alkyl halides is 3. The van der Waals surface area contributed by atoms with E-state index >= 15 is 0 Å². The van der Waals surface area contributed by atoms with Gasteiger partial charge in [0.25, 0.3) is 0 Å². The van der Waals surface area contributed by atoms with Crippen LogP contribution in [0.25, 0.3) is 10.8 Å². The van der Waals surface area contributed by atoms with Crippen molar-refractivity contribution < 1.29 is 27.8 Å². The Hall–Kier alpha value is -2.28. The molecule has 0 atom stereocenters. The van der Waals surface area contributed by atoms with Gasteiger partial charge in [0.15, 0.2) is 11.5 Å². The Morgan fingerprint density at radius 2 is 1.88 bits per heavy atom. The summed E-state index contributed by atoms with van der Waals surface area (Å²) in [6, 6.07) is 7.92. The van der Waals surface area contributed by atoms with Crippen LogP contribution in [-0.2, 0) is 11.2 Å². The molecule has 0 bridgehead atoms. The number of halogens is 3. The molecule has 0 saturated carbocycles. The number of benzene rings is 2. The van der Waals surface area contributed by atoms with E-state index < -0.39 is 23.6 Å². The number of nitrogens with one attached hydrogen (secondary N) is 1. The fraction of sp³-hybridized carbons (Fsp3) is 0.389. The third-order valence-corrected chi connectivity index (χ3v) is 3.61. The highest BCUT2D eigenvalue weighted by Gasteiger charge is 2.42. The third-order valence-electron chi connectivity index (χ3n) is 3.61. The summed E-state index contributed by atoms with van der Waals surface area (Å²) in [6.45, 7) is 5.66. The average molecular weight is 355 g/mol. The minimum Gasteiger partial charge on any atom is -0.504 e. The normalized spacial score (nSPS) is 11.9. The maximum Gasteiger partial charge on any atom is 0.491 e. The second-order valence-electron chi connectivity index (χ2n) is 6.16. The molecule has 0 aliphatic carbocycles. The topological polar surface area (TPSA) is 58.6 Å². The van der Waals surface area contributed by atoms with Gasteiger partial charge in [-0.3, -0.25) is 0 Å². The summed E-state index contributed by atoms with van der Waals surface area (Å²) in [5, 5.41) is 14.3. The summed E-state index contributed by atoms with van der Waals surface area (Å²) in [6.07, 6.45) is -4.55. The molecule has 2 N–H and O–H groups in total. The lowest BCUT2D eigenvalue weighted by Crippen LogP contribution is -2.28. The Balaban J connectivity index is 2.32. The molecule has 0 saturated heterocycles. The molecule has 7 heteroatoms. The van der Waals surface area contributed by atoms with Crippen LogP contribution in [0.1, 0.15) is 19.4 Å². The van der Waals surface area contributed by atoms with Crippen molar-refractivity contribution in [3.8, 4) is 11.5 Å². The first-order valence-electron chi connectivity index (χ1n) is 7.93. The number of esters is 1. The SMILES string of the molecule is CC(C)CNCCc1cc(O)c(OC(=O)C(F)(F)F)c2ccccc12. The van der Waals surface area contributed by atoms with Crippen LogP contribution >= 0.6 is 0 Å². The van der Waals surface area contributed by atoms with E-state index in [1.165, 1.54) is 12.1 Å². The van der Waals surface area contributed by atoms with E-state index in [0.717, 1.165) is 12.1 Å². The van der Waals surface area contributed by atoms with Crippen molar-refractivity contribution in [1.82, 2.24) is 5.32 Å². The van der Waals surface area contributed by atoms with Crippen LogP contribution in [0.3, 0.4) is 0 Å². The van der Waals surface area contributed by atoms with Gasteiger partial charge in [0.2, 0.25) is 0 Å². The van der Waals surface area contributed by atoms with Crippen molar-refractivity contribution in [2.45, 2.75) is 26.4 Å². The summed E-state index contributed by atoms with van der Waals surface area (Å²) < 4.78 is 41.8. The maximum absolute atomic E-state index is 12.5. The van der Waals surface area contributed by atoms with E-state index in [4.69, 9.17) is 0 Å². The van der Waals surface area contributed by atoms with Crippen molar-refractivity contribution in [1.29, 1.82) is 0 Å². The molecule has 2 aromatic carbocycles. The quantitative estimate of drug-likeness (QED) is 0.470. The molecule has 0 aromatic heterocycles. The molecule has 136 valence electrons. The lowest BCUT2D eigenvalue weighted by molar-refractivity contribution is -0.189. The van der Waals surface area contributed by atoms with Crippen LogP contribution in [0.2, 0.25) is 0 Å². The second kappa shape index (κ2) is 7.74. The van der Waals surface area contributed by atoms with Crippen LogP contribution in [-0.4, -0.2) is 30.3 Å². The first kappa shape index (κ1) is 19.1. The van der Waals surface area contributed by atoms with Gasteiger partial charge < -0.3 is 15.2 Å². The van der Waals surface area contributed by atoms with Gasteiger partial charge in [-0.2, -0.15) is 13.2 Å². The highest BCUT2D eigenvalue weighted by Crippen LogP contribution is 2.38. The number of carbonyl (C=O) groups is 1. The Labute approximate surface area is 143 Å². The van der Waals surface area contributed by atoms with Crippen molar-refractivity contribution in [2.75, 3.05) is 13.1 Å². The lowest BCUT2D eigenvalue weighted by atomic mass is 10.0. The van der Waals surface area contributed by atoms with Crippen molar-refractivity contribution in [3.05, 3.63) is 35.9 Å². The number of carbonyl (C=O) groups excluding carboxylic acids is 1. The van der Waals surface area contributed by atoms with Crippen molar-refractivity contribution in [3.63, 3.8) is 0 Å². The Bertz CT molecular complexity index is 757. The van der Waals surface area contributed by atoms with Crippen LogP contribution in [0.5, 0.6) is 11.5 Å². The smallest absolute Gasteiger partial charge is 0.491 e. The van der Waals surface area contributed by atoms with Gasteiger partial charge in [0.1, 0.15) is 0 Å². The van der Waals surface area contributed by atoms with Gasteiger partial charge in [-0.15, -0.1) is 0 Å². The van der Waals surface area contributed by atoms with E-state index in [1.807, 2.05) is 0 Å².